The van der Waals surface area contributed by atoms with Crippen molar-refractivity contribution < 1.29 is 9.50 Å². The van der Waals surface area contributed by atoms with Gasteiger partial charge in [-0.15, -0.1) is 0 Å². The van der Waals surface area contributed by atoms with Crippen molar-refractivity contribution in [2.45, 2.75) is 63.8 Å². The molecule has 2 N–H and O–H groups in total. The first-order chi connectivity index (χ1) is 16.8. The molecule has 2 aliphatic rings. The number of halogens is 1. The molecule has 9 heteroatoms. The zero-order valence-electron chi connectivity index (χ0n) is 20.1. The number of alkyl halides is 1. The summed E-state index contributed by atoms with van der Waals surface area (Å²) in [6.07, 6.45) is 2.91. The first kappa shape index (κ1) is 22.2. The molecule has 35 heavy (non-hydrogen) atoms. The third kappa shape index (κ3) is 4.29. The van der Waals surface area contributed by atoms with Crippen LogP contribution in [0.1, 0.15) is 44.7 Å². The van der Waals surface area contributed by atoms with Crippen LogP contribution in [-0.4, -0.2) is 60.6 Å². The first-order valence-corrected chi connectivity index (χ1v) is 12.4. The fraction of sp³-hybridized carbons (Fsp3) is 0.462. The second-order valence-electron chi connectivity index (χ2n) is 10.2. The molecule has 3 aromatic heterocycles. The normalized spacial score (nSPS) is 25.0. The number of rotatable bonds is 4. The number of fused-ring (bicyclic) bond motifs is 2. The highest BCUT2D eigenvalue weighted by Gasteiger charge is 2.30. The third-order valence-electron chi connectivity index (χ3n) is 7.27. The Kier molecular flexibility index (Phi) is 5.32. The molecule has 0 unspecified atom stereocenters. The Hall–Kier alpha value is -3.33. The van der Waals surface area contributed by atoms with Crippen LogP contribution in [0.3, 0.4) is 0 Å². The highest BCUT2D eigenvalue weighted by atomic mass is 19.1. The zero-order chi connectivity index (χ0) is 24.2. The Morgan fingerprint density at radius 1 is 1.06 bits per heavy atom. The van der Waals surface area contributed by atoms with Gasteiger partial charge in [-0.1, -0.05) is 12.1 Å². The van der Waals surface area contributed by atoms with Gasteiger partial charge < -0.3 is 15.3 Å². The van der Waals surface area contributed by atoms with Gasteiger partial charge in [-0.2, -0.15) is 9.61 Å². The van der Waals surface area contributed by atoms with E-state index >= 15 is 0 Å². The molecule has 1 saturated heterocycles. The number of benzene rings is 1. The van der Waals surface area contributed by atoms with Crippen molar-refractivity contribution >= 4 is 28.3 Å². The van der Waals surface area contributed by atoms with E-state index in [4.69, 9.17) is 20.1 Å². The molecule has 8 nitrogen and oxygen atoms in total. The Morgan fingerprint density at radius 2 is 1.80 bits per heavy atom. The predicted octanol–water partition coefficient (Wildman–Crippen LogP) is 4.30. The van der Waals surface area contributed by atoms with Gasteiger partial charge in [-0.25, -0.2) is 19.3 Å². The number of nitrogens with one attached hydrogen (secondary N) is 1. The van der Waals surface area contributed by atoms with Crippen LogP contribution in [0.5, 0.6) is 0 Å². The number of nitrogens with zero attached hydrogens (tertiary/aromatic N) is 6. The zero-order valence-corrected chi connectivity index (χ0v) is 20.1. The van der Waals surface area contributed by atoms with E-state index in [1.807, 2.05) is 59.7 Å². The predicted molar refractivity (Wildman–Crippen MR) is 134 cm³/mol. The molecule has 2 fully saturated rings. The first-order valence-electron chi connectivity index (χ1n) is 12.4. The second-order valence-corrected chi connectivity index (χ2v) is 10.2. The topological polar surface area (TPSA) is 91.5 Å². The number of para-hydroxylation sites is 2. The largest absolute Gasteiger partial charge is 0.390 e. The molecule has 0 amide bonds. The maximum Gasteiger partial charge on any atom is 0.160 e. The molecule has 6 rings (SSSR count). The molecule has 1 saturated carbocycles. The quantitative estimate of drug-likeness (QED) is 0.455. The van der Waals surface area contributed by atoms with Crippen LogP contribution in [-0.2, 0) is 0 Å². The molecular formula is C26H30FN7O. The Bertz CT molecular complexity index is 1390. The molecular weight excluding hydrogens is 445 g/mol. The Labute approximate surface area is 203 Å². The van der Waals surface area contributed by atoms with Crippen molar-refractivity contribution in [3.05, 3.63) is 42.1 Å². The van der Waals surface area contributed by atoms with Gasteiger partial charge in [0.15, 0.2) is 5.65 Å². The molecule has 0 spiro atoms. The minimum atomic E-state index is -0.832. The summed E-state index contributed by atoms with van der Waals surface area (Å²) < 4.78 is 15.8. The Morgan fingerprint density at radius 3 is 2.51 bits per heavy atom. The Balaban J connectivity index is 1.42. The average Bonchev–Trinajstić information content (AvgIpc) is 3.46. The maximum atomic E-state index is 14.0. The van der Waals surface area contributed by atoms with E-state index in [0.717, 1.165) is 59.7 Å². The molecule has 1 atom stereocenters. The summed E-state index contributed by atoms with van der Waals surface area (Å²) in [5, 5.41) is 18.9. The summed E-state index contributed by atoms with van der Waals surface area (Å²) in [6, 6.07) is 11.9. The SMILES string of the molecule is Cc1nc2ccccc2nc1-c1cc2nc(N3CC[C@@H](F)C3)cc(NC3CCC(C)(O)CC3)n2n1. The van der Waals surface area contributed by atoms with Crippen molar-refractivity contribution in [1.29, 1.82) is 0 Å². The van der Waals surface area contributed by atoms with E-state index in [2.05, 4.69) is 5.32 Å². The van der Waals surface area contributed by atoms with Crippen LogP contribution in [0.2, 0.25) is 0 Å². The second kappa shape index (κ2) is 8.41. The van der Waals surface area contributed by atoms with E-state index < -0.39 is 11.8 Å². The van der Waals surface area contributed by atoms with Gasteiger partial charge in [0.05, 0.1) is 28.9 Å². The monoisotopic (exact) mass is 475 g/mol. The summed E-state index contributed by atoms with van der Waals surface area (Å²) in [4.78, 5) is 16.4. The summed E-state index contributed by atoms with van der Waals surface area (Å²) in [5.41, 5.74) is 3.97. The lowest BCUT2D eigenvalue weighted by Gasteiger charge is -2.34. The highest BCUT2D eigenvalue weighted by molar-refractivity contribution is 5.78. The van der Waals surface area contributed by atoms with Crippen molar-refractivity contribution in [3.63, 3.8) is 0 Å². The van der Waals surface area contributed by atoms with Gasteiger partial charge in [0, 0.05) is 24.7 Å². The molecule has 1 aliphatic heterocycles. The smallest absolute Gasteiger partial charge is 0.160 e. The molecule has 1 aromatic carbocycles. The van der Waals surface area contributed by atoms with Crippen LogP contribution in [0.25, 0.3) is 28.1 Å². The van der Waals surface area contributed by atoms with Crippen LogP contribution >= 0.6 is 0 Å². The minimum Gasteiger partial charge on any atom is -0.390 e. The average molecular weight is 476 g/mol. The van der Waals surface area contributed by atoms with E-state index in [1.54, 1.807) is 0 Å². The van der Waals surface area contributed by atoms with Crippen LogP contribution < -0.4 is 10.2 Å². The fourth-order valence-electron chi connectivity index (χ4n) is 5.19. The van der Waals surface area contributed by atoms with Crippen LogP contribution in [0, 0.1) is 6.92 Å². The maximum absolute atomic E-state index is 14.0. The third-order valence-corrected chi connectivity index (χ3v) is 7.27. The number of aromatic nitrogens is 5. The van der Waals surface area contributed by atoms with Crippen molar-refractivity contribution in [1.82, 2.24) is 24.6 Å². The summed E-state index contributed by atoms with van der Waals surface area (Å²) in [5.74, 6) is 1.56. The van der Waals surface area contributed by atoms with Gasteiger partial charge >= 0.3 is 0 Å². The van der Waals surface area contributed by atoms with E-state index in [9.17, 15) is 9.50 Å². The summed E-state index contributed by atoms with van der Waals surface area (Å²) in [6.45, 7) is 4.84. The number of anilines is 2. The van der Waals surface area contributed by atoms with E-state index in [-0.39, 0.29) is 6.04 Å². The van der Waals surface area contributed by atoms with Gasteiger partial charge in [-0.3, -0.25) is 0 Å². The van der Waals surface area contributed by atoms with Gasteiger partial charge in [0.1, 0.15) is 29.2 Å². The number of hydrogen-bond acceptors (Lipinski definition) is 7. The van der Waals surface area contributed by atoms with Crippen LogP contribution in [0.4, 0.5) is 16.0 Å². The van der Waals surface area contributed by atoms with Crippen molar-refractivity contribution in [2.75, 3.05) is 23.3 Å². The lowest BCUT2D eigenvalue weighted by atomic mass is 9.84. The van der Waals surface area contributed by atoms with Gasteiger partial charge in [-0.05, 0) is 58.1 Å². The standard InChI is InChI=1S/C26H30FN7O/c1-16-25(30-20-6-4-3-5-19(20)28-16)21-13-23-31-22(33-12-9-17(27)15-33)14-24(34(23)32-21)29-18-7-10-26(2,35)11-8-18/h3-6,13-14,17-18,29,35H,7-12,15H2,1-2H3/t17-,18?,26?/m1/s1. The summed E-state index contributed by atoms with van der Waals surface area (Å²) >= 11 is 0. The number of aryl methyl sites for hydroxylation is 1. The number of hydrogen-bond donors (Lipinski definition) is 2. The fourth-order valence-corrected chi connectivity index (χ4v) is 5.19. The lowest BCUT2D eigenvalue weighted by Crippen LogP contribution is -2.36. The molecule has 0 bridgehead atoms. The van der Waals surface area contributed by atoms with Gasteiger partial charge in [0.2, 0.25) is 0 Å². The highest BCUT2D eigenvalue weighted by Crippen LogP contribution is 2.32. The van der Waals surface area contributed by atoms with E-state index in [0.29, 0.717) is 30.9 Å². The molecule has 4 heterocycles. The lowest BCUT2D eigenvalue weighted by molar-refractivity contribution is 0.0196. The summed E-state index contributed by atoms with van der Waals surface area (Å²) in [7, 11) is 0. The molecule has 4 aromatic rings. The van der Waals surface area contributed by atoms with E-state index in [1.165, 1.54) is 0 Å². The minimum absolute atomic E-state index is 0.219. The molecule has 0 radical (unpaired) electrons. The number of aliphatic hydroxyl groups is 1. The molecule has 182 valence electrons. The van der Waals surface area contributed by atoms with Crippen molar-refractivity contribution in [2.24, 2.45) is 0 Å². The molecule has 1 aliphatic carbocycles. The van der Waals surface area contributed by atoms with Gasteiger partial charge in [0.25, 0.3) is 0 Å². The van der Waals surface area contributed by atoms with Crippen molar-refractivity contribution in [3.8, 4) is 11.4 Å². The van der Waals surface area contributed by atoms with Crippen LogP contribution in [0.15, 0.2) is 36.4 Å².